The van der Waals surface area contributed by atoms with Gasteiger partial charge in [-0.2, -0.15) is 4.98 Å². The minimum atomic E-state index is 0.0248. The first-order valence-electron chi connectivity index (χ1n) is 11.0. The summed E-state index contributed by atoms with van der Waals surface area (Å²) in [6, 6.07) is 15.6. The first-order chi connectivity index (χ1) is 15.0. The van der Waals surface area contributed by atoms with Crippen molar-refractivity contribution in [1.29, 1.82) is 0 Å². The highest BCUT2D eigenvalue weighted by Crippen LogP contribution is 2.29. The summed E-state index contributed by atoms with van der Waals surface area (Å²) in [6.07, 6.45) is 1.84. The number of benzene rings is 2. The molecule has 1 aromatic heterocycles. The molecule has 31 heavy (non-hydrogen) atoms. The summed E-state index contributed by atoms with van der Waals surface area (Å²) >= 11 is 0. The van der Waals surface area contributed by atoms with Crippen molar-refractivity contribution < 1.29 is 14.1 Å². The zero-order chi connectivity index (χ0) is 21.8. The topological polar surface area (TPSA) is 68.5 Å². The van der Waals surface area contributed by atoms with Gasteiger partial charge in [0.2, 0.25) is 11.7 Å². The second-order valence-electron chi connectivity index (χ2n) is 8.28. The molecule has 1 amide bonds. The van der Waals surface area contributed by atoms with Crippen LogP contribution in [0.15, 0.2) is 53.1 Å². The number of rotatable bonds is 6. The second-order valence-corrected chi connectivity index (χ2v) is 8.28. The van der Waals surface area contributed by atoms with Gasteiger partial charge in [0, 0.05) is 24.2 Å². The number of hydrogen-bond acceptors (Lipinski definition) is 5. The van der Waals surface area contributed by atoms with Crippen LogP contribution in [-0.2, 0) is 0 Å². The normalized spacial score (nSPS) is 16.5. The quantitative estimate of drug-likeness (QED) is 0.544. The fourth-order valence-corrected chi connectivity index (χ4v) is 3.94. The largest absolute Gasteiger partial charge is 0.494 e. The number of nitrogens with zero attached hydrogens (tertiary/aromatic N) is 3. The Morgan fingerprint density at radius 1 is 1.16 bits per heavy atom. The molecule has 2 aromatic carbocycles. The first-order valence-corrected chi connectivity index (χ1v) is 11.0. The van der Waals surface area contributed by atoms with E-state index in [1.807, 2.05) is 48.2 Å². The van der Waals surface area contributed by atoms with Crippen LogP contribution in [0.5, 0.6) is 5.75 Å². The lowest BCUT2D eigenvalue weighted by Gasteiger charge is -2.31. The molecule has 1 fully saturated rings. The van der Waals surface area contributed by atoms with E-state index >= 15 is 0 Å². The Balaban J connectivity index is 1.44. The van der Waals surface area contributed by atoms with Gasteiger partial charge in [0.1, 0.15) is 5.75 Å². The van der Waals surface area contributed by atoms with Crippen LogP contribution in [0.2, 0.25) is 0 Å². The molecule has 0 bridgehead atoms. The summed E-state index contributed by atoms with van der Waals surface area (Å²) in [4.78, 5) is 19.5. The lowest BCUT2D eigenvalue weighted by atomic mass is 9.97. The molecule has 1 aliphatic rings. The molecule has 2 heterocycles. The highest BCUT2D eigenvalue weighted by molar-refractivity contribution is 5.94. The highest BCUT2D eigenvalue weighted by atomic mass is 16.5. The molecule has 1 saturated heterocycles. The van der Waals surface area contributed by atoms with Gasteiger partial charge in [-0.1, -0.05) is 43.3 Å². The van der Waals surface area contributed by atoms with Crippen molar-refractivity contribution in [2.45, 2.75) is 45.4 Å². The second kappa shape index (κ2) is 9.33. The van der Waals surface area contributed by atoms with E-state index in [1.54, 1.807) is 0 Å². The summed E-state index contributed by atoms with van der Waals surface area (Å²) in [5, 5.41) is 4.19. The molecule has 0 spiro atoms. The molecule has 0 unspecified atom stereocenters. The van der Waals surface area contributed by atoms with Crippen molar-refractivity contribution in [2.75, 3.05) is 19.7 Å². The third-order valence-electron chi connectivity index (χ3n) is 5.75. The van der Waals surface area contributed by atoms with Gasteiger partial charge in [-0.25, -0.2) is 0 Å². The summed E-state index contributed by atoms with van der Waals surface area (Å²) in [5.74, 6) is 2.53. The van der Waals surface area contributed by atoms with E-state index in [1.165, 1.54) is 5.56 Å². The first kappa shape index (κ1) is 21.1. The SMILES string of the molecule is CCOc1ccc(C(=O)N2CCC[C@H](c3nc(-c4ccc(C(C)C)cc4)no3)C2)cc1. The van der Waals surface area contributed by atoms with Gasteiger partial charge in [-0.05, 0) is 55.5 Å². The Morgan fingerprint density at radius 2 is 1.90 bits per heavy atom. The maximum Gasteiger partial charge on any atom is 0.253 e. The van der Waals surface area contributed by atoms with Crippen molar-refractivity contribution in [1.82, 2.24) is 15.0 Å². The standard InChI is InChI=1S/C25H29N3O3/c1-4-30-22-13-11-20(12-14-22)25(29)28-15-5-6-21(16-28)24-26-23(27-31-24)19-9-7-18(8-10-19)17(2)3/h7-14,17,21H,4-6,15-16H2,1-3H3/t21-/m0/s1. The number of carbonyl (C=O) groups is 1. The summed E-state index contributed by atoms with van der Waals surface area (Å²) in [5.41, 5.74) is 2.89. The molecule has 0 saturated carbocycles. The van der Waals surface area contributed by atoms with Gasteiger partial charge in [-0.15, -0.1) is 0 Å². The summed E-state index contributed by atoms with van der Waals surface area (Å²) in [6.45, 7) is 8.21. The predicted octanol–water partition coefficient (Wildman–Crippen LogP) is 5.28. The number of carbonyl (C=O) groups excluding carboxylic acids is 1. The van der Waals surface area contributed by atoms with E-state index in [0.717, 1.165) is 30.7 Å². The van der Waals surface area contributed by atoms with Crippen LogP contribution >= 0.6 is 0 Å². The van der Waals surface area contributed by atoms with Gasteiger partial charge < -0.3 is 14.2 Å². The van der Waals surface area contributed by atoms with Crippen molar-refractivity contribution in [2.24, 2.45) is 0 Å². The van der Waals surface area contributed by atoms with E-state index in [9.17, 15) is 4.79 Å². The molecular formula is C25H29N3O3. The minimum absolute atomic E-state index is 0.0248. The Kier molecular flexibility index (Phi) is 6.35. The number of ether oxygens (including phenoxy) is 1. The third kappa shape index (κ3) is 4.79. The Morgan fingerprint density at radius 3 is 2.58 bits per heavy atom. The molecule has 0 radical (unpaired) electrons. The monoisotopic (exact) mass is 419 g/mol. The zero-order valence-electron chi connectivity index (χ0n) is 18.4. The van der Waals surface area contributed by atoms with Crippen LogP contribution in [0, 0.1) is 0 Å². The average Bonchev–Trinajstić information content (AvgIpc) is 3.30. The third-order valence-corrected chi connectivity index (χ3v) is 5.75. The lowest BCUT2D eigenvalue weighted by Crippen LogP contribution is -2.39. The lowest BCUT2D eigenvalue weighted by molar-refractivity contribution is 0.0695. The van der Waals surface area contributed by atoms with Gasteiger partial charge in [-0.3, -0.25) is 4.79 Å². The minimum Gasteiger partial charge on any atom is -0.494 e. The van der Waals surface area contributed by atoms with Crippen molar-refractivity contribution in [3.8, 4) is 17.1 Å². The molecule has 4 rings (SSSR count). The number of hydrogen-bond donors (Lipinski definition) is 0. The fraction of sp³-hybridized carbons (Fsp3) is 0.400. The zero-order valence-corrected chi connectivity index (χ0v) is 18.4. The Hall–Kier alpha value is -3.15. The molecule has 1 atom stereocenters. The van der Waals surface area contributed by atoms with E-state index < -0.39 is 0 Å². The number of piperidine rings is 1. The van der Waals surface area contributed by atoms with Gasteiger partial charge in [0.05, 0.1) is 12.5 Å². The number of aromatic nitrogens is 2. The molecule has 6 nitrogen and oxygen atoms in total. The smallest absolute Gasteiger partial charge is 0.253 e. The van der Waals surface area contributed by atoms with Crippen LogP contribution in [-0.4, -0.2) is 40.6 Å². The molecule has 0 N–H and O–H groups in total. The van der Waals surface area contributed by atoms with Crippen LogP contribution < -0.4 is 4.74 Å². The molecule has 6 heteroatoms. The fourth-order valence-electron chi connectivity index (χ4n) is 3.94. The predicted molar refractivity (Wildman–Crippen MR) is 119 cm³/mol. The van der Waals surface area contributed by atoms with Gasteiger partial charge in [0.15, 0.2) is 0 Å². The maximum atomic E-state index is 13.0. The molecule has 1 aliphatic heterocycles. The molecule has 162 valence electrons. The number of likely N-dealkylation sites (tertiary alicyclic amines) is 1. The van der Waals surface area contributed by atoms with Crippen LogP contribution in [0.25, 0.3) is 11.4 Å². The molecular weight excluding hydrogens is 390 g/mol. The molecule has 3 aromatic rings. The number of amides is 1. The van der Waals surface area contributed by atoms with Crippen LogP contribution in [0.1, 0.15) is 67.3 Å². The van der Waals surface area contributed by atoms with Crippen molar-refractivity contribution in [3.63, 3.8) is 0 Å². The van der Waals surface area contributed by atoms with E-state index in [4.69, 9.17) is 9.26 Å². The summed E-state index contributed by atoms with van der Waals surface area (Å²) < 4.78 is 11.1. The highest BCUT2D eigenvalue weighted by Gasteiger charge is 2.29. The Bertz CT molecular complexity index is 1010. The molecule has 0 aliphatic carbocycles. The van der Waals surface area contributed by atoms with Gasteiger partial charge >= 0.3 is 0 Å². The van der Waals surface area contributed by atoms with E-state index in [2.05, 4.69) is 36.1 Å². The maximum absolute atomic E-state index is 13.0. The van der Waals surface area contributed by atoms with Crippen molar-refractivity contribution in [3.05, 3.63) is 65.5 Å². The van der Waals surface area contributed by atoms with E-state index in [0.29, 0.717) is 36.3 Å². The van der Waals surface area contributed by atoms with Crippen LogP contribution in [0.3, 0.4) is 0 Å². The van der Waals surface area contributed by atoms with E-state index in [-0.39, 0.29) is 11.8 Å². The summed E-state index contributed by atoms with van der Waals surface area (Å²) in [7, 11) is 0. The van der Waals surface area contributed by atoms with Crippen LogP contribution in [0.4, 0.5) is 0 Å². The van der Waals surface area contributed by atoms with Crippen molar-refractivity contribution >= 4 is 5.91 Å². The Labute approximate surface area is 183 Å². The van der Waals surface area contributed by atoms with Gasteiger partial charge in [0.25, 0.3) is 5.91 Å². The average molecular weight is 420 g/mol.